The van der Waals surface area contributed by atoms with Gasteiger partial charge in [-0.2, -0.15) is 13.2 Å². The molecular formula is C8H5F3N2. The second kappa shape index (κ2) is 2.55. The Morgan fingerprint density at radius 3 is 1.85 bits per heavy atom. The molecule has 5 heteroatoms. The van der Waals surface area contributed by atoms with E-state index in [-0.39, 0.29) is 0 Å². The Morgan fingerprint density at radius 1 is 1.00 bits per heavy atom. The van der Waals surface area contributed by atoms with Crippen LogP contribution in [0.3, 0.4) is 0 Å². The number of benzene rings is 1. The average molecular weight is 186 g/mol. The molecule has 0 atom stereocenters. The van der Waals surface area contributed by atoms with E-state index in [4.69, 9.17) is 0 Å². The molecule has 0 bridgehead atoms. The van der Waals surface area contributed by atoms with E-state index in [1.807, 2.05) is 0 Å². The third kappa shape index (κ3) is 1.41. The molecular weight excluding hydrogens is 181 g/mol. The summed E-state index contributed by atoms with van der Waals surface area (Å²) in [6, 6.07) is 6.31. The highest BCUT2D eigenvalue weighted by molar-refractivity contribution is 5.04. The van der Waals surface area contributed by atoms with Gasteiger partial charge < -0.3 is 0 Å². The maximum Gasteiger partial charge on any atom is 0.431 e. The van der Waals surface area contributed by atoms with Crippen molar-refractivity contribution in [2.24, 2.45) is 9.98 Å². The lowest BCUT2D eigenvalue weighted by atomic mass is 10.3. The SMILES string of the molecule is FC(F)(F)C1N=c2ccccc2=N1. The minimum atomic E-state index is -4.38. The molecule has 0 aromatic heterocycles. The first-order chi connectivity index (χ1) is 6.07. The van der Waals surface area contributed by atoms with Crippen LogP contribution < -0.4 is 10.7 Å². The van der Waals surface area contributed by atoms with Gasteiger partial charge in [-0.05, 0) is 12.1 Å². The van der Waals surface area contributed by atoms with E-state index >= 15 is 0 Å². The number of hydrogen-bond donors (Lipinski definition) is 0. The zero-order chi connectivity index (χ0) is 9.47. The largest absolute Gasteiger partial charge is 0.431 e. The molecule has 0 unspecified atom stereocenters. The zero-order valence-electron chi connectivity index (χ0n) is 6.42. The van der Waals surface area contributed by atoms with Crippen molar-refractivity contribution in [1.29, 1.82) is 0 Å². The maximum absolute atomic E-state index is 12.1. The van der Waals surface area contributed by atoms with Crippen molar-refractivity contribution in [1.82, 2.24) is 0 Å². The Bertz CT molecular complexity index is 400. The molecule has 0 aliphatic carbocycles. The fourth-order valence-corrected chi connectivity index (χ4v) is 1.12. The minimum Gasteiger partial charge on any atom is -0.247 e. The summed E-state index contributed by atoms with van der Waals surface area (Å²) in [6.07, 6.45) is -6.29. The fraction of sp³-hybridized carbons (Fsp3) is 0.250. The predicted octanol–water partition coefficient (Wildman–Crippen LogP) is 0.828. The first kappa shape index (κ1) is 8.22. The van der Waals surface area contributed by atoms with Crippen molar-refractivity contribution in [2.45, 2.75) is 12.3 Å². The highest BCUT2D eigenvalue weighted by Gasteiger charge is 2.40. The van der Waals surface area contributed by atoms with E-state index in [0.717, 1.165) is 0 Å². The molecule has 1 aliphatic rings. The normalized spacial score (nSPS) is 16.2. The summed E-state index contributed by atoms with van der Waals surface area (Å²) in [6.45, 7) is 0. The topological polar surface area (TPSA) is 24.7 Å². The highest BCUT2D eigenvalue weighted by atomic mass is 19.4. The van der Waals surface area contributed by atoms with E-state index in [0.29, 0.717) is 10.7 Å². The van der Waals surface area contributed by atoms with Gasteiger partial charge in [0.1, 0.15) is 0 Å². The number of nitrogens with zero attached hydrogens (tertiary/aromatic N) is 2. The summed E-state index contributed by atoms with van der Waals surface area (Å²) in [5.41, 5.74) is 0. The smallest absolute Gasteiger partial charge is 0.247 e. The van der Waals surface area contributed by atoms with Crippen LogP contribution in [-0.4, -0.2) is 12.3 Å². The molecule has 2 rings (SSSR count). The van der Waals surface area contributed by atoms with Crippen LogP contribution >= 0.6 is 0 Å². The molecule has 0 saturated carbocycles. The summed E-state index contributed by atoms with van der Waals surface area (Å²) in [5.74, 6) is 0. The second-order valence-electron chi connectivity index (χ2n) is 2.66. The van der Waals surface area contributed by atoms with Crippen LogP contribution in [0.15, 0.2) is 34.3 Å². The third-order valence-electron chi connectivity index (χ3n) is 1.70. The first-order valence-corrected chi connectivity index (χ1v) is 3.65. The Morgan fingerprint density at radius 2 is 1.46 bits per heavy atom. The summed E-state index contributed by atoms with van der Waals surface area (Å²) in [4.78, 5) is 6.86. The quantitative estimate of drug-likeness (QED) is 0.573. The predicted molar refractivity (Wildman–Crippen MR) is 38.6 cm³/mol. The number of fused-ring (bicyclic) bond motifs is 1. The molecule has 1 aliphatic heterocycles. The molecule has 1 heterocycles. The van der Waals surface area contributed by atoms with Crippen molar-refractivity contribution in [3.05, 3.63) is 35.0 Å². The Labute approximate surface area is 71.4 Å². The second-order valence-corrected chi connectivity index (χ2v) is 2.66. The third-order valence-corrected chi connectivity index (χ3v) is 1.70. The molecule has 0 radical (unpaired) electrons. The summed E-state index contributed by atoms with van der Waals surface area (Å²) in [5, 5.41) is 0.620. The van der Waals surface area contributed by atoms with Crippen molar-refractivity contribution < 1.29 is 13.2 Å². The van der Waals surface area contributed by atoms with Crippen LogP contribution in [0, 0.1) is 0 Å². The Balaban J connectivity index is 2.53. The van der Waals surface area contributed by atoms with Gasteiger partial charge in [0.25, 0.3) is 0 Å². The van der Waals surface area contributed by atoms with E-state index < -0.39 is 12.3 Å². The minimum absolute atomic E-state index is 0.310. The van der Waals surface area contributed by atoms with Gasteiger partial charge in [-0.15, -0.1) is 0 Å². The molecule has 0 fully saturated rings. The van der Waals surface area contributed by atoms with Crippen LogP contribution in [0.2, 0.25) is 0 Å². The first-order valence-electron chi connectivity index (χ1n) is 3.65. The molecule has 0 amide bonds. The standard InChI is InChI=1S/C8H5F3N2/c9-8(10,11)7-12-5-3-1-2-4-6(5)13-7/h1-4,7H. The molecule has 68 valence electrons. The van der Waals surface area contributed by atoms with Gasteiger partial charge in [-0.3, -0.25) is 0 Å². The van der Waals surface area contributed by atoms with Gasteiger partial charge in [-0.25, -0.2) is 9.98 Å². The average Bonchev–Trinajstić information content (AvgIpc) is 2.45. The van der Waals surface area contributed by atoms with Crippen LogP contribution in [0.5, 0.6) is 0 Å². The zero-order valence-corrected chi connectivity index (χ0v) is 6.42. The molecule has 0 N–H and O–H groups in total. The lowest BCUT2D eigenvalue weighted by Crippen LogP contribution is -2.24. The van der Waals surface area contributed by atoms with Crippen LogP contribution in [0.1, 0.15) is 0 Å². The summed E-state index contributed by atoms with van der Waals surface area (Å²) < 4.78 is 36.4. The molecule has 0 spiro atoms. The van der Waals surface area contributed by atoms with Crippen LogP contribution in [0.4, 0.5) is 13.2 Å². The van der Waals surface area contributed by atoms with Crippen molar-refractivity contribution in [3.8, 4) is 0 Å². The number of halogens is 3. The lowest BCUT2D eigenvalue weighted by Gasteiger charge is -2.07. The fourth-order valence-electron chi connectivity index (χ4n) is 1.12. The summed E-state index contributed by atoms with van der Waals surface area (Å²) in [7, 11) is 0. The number of para-hydroxylation sites is 2. The number of hydrogen-bond acceptors (Lipinski definition) is 2. The highest BCUT2D eigenvalue weighted by Crippen LogP contribution is 2.23. The monoisotopic (exact) mass is 186 g/mol. The van der Waals surface area contributed by atoms with Gasteiger partial charge in [0, 0.05) is 0 Å². The van der Waals surface area contributed by atoms with E-state index in [1.165, 1.54) is 12.1 Å². The lowest BCUT2D eigenvalue weighted by molar-refractivity contribution is -0.145. The molecule has 1 aromatic carbocycles. The van der Waals surface area contributed by atoms with E-state index in [1.54, 1.807) is 12.1 Å². The van der Waals surface area contributed by atoms with Gasteiger partial charge >= 0.3 is 6.18 Å². The van der Waals surface area contributed by atoms with Crippen LogP contribution in [0.25, 0.3) is 0 Å². The van der Waals surface area contributed by atoms with Gasteiger partial charge in [0.15, 0.2) is 0 Å². The molecule has 1 aromatic rings. The number of rotatable bonds is 0. The molecule has 13 heavy (non-hydrogen) atoms. The molecule has 0 saturated heterocycles. The van der Waals surface area contributed by atoms with Crippen molar-refractivity contribution in [3.63, 3.8) is 0 Å². The van der Waals surface area contributed by atoms with Crippen LogP contribution in [-0.2, 0) is 0 Å². The van der Waals surface area contributed by atoms with Gasteiger partial charge in [0.05, 0.1) is 10.7 Å². The van der Waals surface area contributed by atoms with E-state index in [9.17, 15) is 13.2 Å². The summed E-state index contributed by atoms with van der Waals surface area (Å²) >= 11 is 0. The maximum atomic E-state index is 12.1. The van der Waals surface area contributed by atoms with Gasteiger partial charge in [-0.1, -0.05) is 12.1 Å². The van der Waals surface area contributed by atoms with E-state index in [2.05, 4.69) is 9.98 Å². The van der Waals surface area contributed by atoms with Crippen molar-refractivity contribution in [2.75, 3.05) is 0 Å². The Hall–Kier alpha value is -1.39. The van der Waals surface area contributed by atoms with Gasteiger partial charge in [0.2, 0.25) is 6.17 Å². The number of alkyl halides is 3. The van der Waals surface area contributed by atoms with Crippen molar-refractivity contribution >= 4 is 0 Å². The molecule has 2 nitrogen and oxygen atoms in total. The Kier molecular flexibility index (Phi) is 1.61.